The average molecular weight is 308 g/mol. The molecule has 1 unspecified atom stereocenters. The van der Waals surface area contributed by atoms with Gasteiger partial charge < -0.3 is 15.6 Å². The lowest BCUT2D eigenvalue weighted by Gasteiger charge is -2.20. The molecule has 0 spiro atoms. The summed E-state index contributed by atoms with van der Waals surface area (Å²) in [6, 6.07) is 1.54. The lowest BCUT2D eigenvalue weighted by Crippen LogP contribution is -2.43. The van der Waals surface area contributed by atoms with Gasteiger partial charge in [0.25, 0.3) is 0 Å². The Morgan fingerprint density at radius 2 is 2.15 bits per heavy atom. The molecule has 0 amide bonds. The van der Waals surface area contributed by atoms with Gasteiger partial charge in [0.15, 0.2) is 5.82 Å². The number of rotatable bonds is 4. The van der Waals surface area contributed by atoms with Crippen LogP contribution in [0.3, 0.4) is 0 Å². The van der Waals surface area contributed by atoms with E-state index in [4.69, 9.17) is 10.5 Å². The summed E-state index contributed by atoms with van der Waals surface area (Å²) in [6.07, 6.45) is 0.267. The summed E-state index contributed by atoms with van der Waals surface area (Å²) in [5.41, 5.74) is 2.92. The molecule has 1 fully saturated rings. The van der Waals surface area contributed by atoms with Gasteiger partial charge in [-0.15, -0.1) is 0 Å². The van der Waals surface area contributed by atoms with E-state index in [9.17, 15) is 22.3 Å². The molecule has 1 aliphatic rings. The second kappa shape index (κ2) is 5.24. The van der Waals surface area contributed by atoms with E-state index in [1.165, 1.54) is 0 Å². The van der Waals surface area contributed by atoms with Gasteiger partial charge in [-0.25, -0.2) is 21.9 Å². The molecule has 1 aliphatic heterocycles. The largest absolute Gasteiger partial charge is 0.394 e. The first kappa shape index (κ1) is 15.1. The van der Waals surface area contributed by atoms with E-state index in [0.29, 0.717) is 6.61 Å². The summed E-state index contributed by atoms with van der Waals surface area (Å²) in [7, 11) is -4.24. The van der Waals surface area contributed by atoms with E-state index < -0.39 is 37.8 Å². The fourth-order valence-corrected chi connectivity index (χ4v) is 3.01. The number of sulfonamides is 1. The van der Waals surface area contributed by atoms with Crippen molar-refractivity contribution in [2.75, 3.05) is 25.5 Å². The van der Waals surface area contributed by atoms with Gasteiger partial charge in [-0.05, 0) is 12.1 Å². The first-order chi connectivity index (χ1) is 9.25. The summed E-state index contributed by atoms with van der Waals surface area (Å²) in [4.78, 5) is -0.765. The monoisotopic (exact) mass is 308 g/mol. The third-order valence-electron chi connectivity index (χ3n) is 3.05. The Morgan fingerprint density at radius 1 is 1.45 bits per heavy atom. The van der Waals surface area contributed by atoms with Crippen LogP contribution in [0.5, 0.6) is 0 Å². The summed E-state index contributed by atoms with van der Waals surface area (Å²) in [5, 5.41) is 9.94. The Kier molecular flexibility index (Phi) is 3.96. The predicted molar refractivity (Wildman–Crippen MR) is 66.3 cm³/mol. The van der Waals surface area contributed by atoms with E-state index in [-0.39, 0.29) is 19.6 Å². The van der Waals surface area contributed by atoms with Gasteiger partial charge >= 0.3 is 0 Å². The number of hydrogen-bond acceptors (Lipinski definition) is 5. The van der Waals surface area contributed by atoms with Crippen molar-refractivity contribution >= 4 is 15.7 Å². The quantitative estimate of drug-likeness (QED) is 0.678. The van der Waals surface area contributed by atoms with Crippen molar-refractivity contribution in [1.82, 2.24) is 4.72 Å². The molecule has 1 atom stereocenters. The molecule has 4 N–H and O–H groups in total. The van der Waals surface area contributed by atoms with Crippen molar-refractivity contribution in [2.24, 2.45) is 0 Å². The van der Waals surface area contributed by atoms with Crippen LogP contribution in [0, 0.1) is 11.6 Å². The Morgan fingerprint density at radius 3 is 2.75 bits per heavy atom. The molecule has 20 heavy (non-hydrogen) atoms. The zero-order valence-corrected chi connectivity index (χ0v) is 11.2. The molecule has 2 rings (SSSR count). The second-order valence-electron chi connectivity index (χ2n) is 4.62. The summed E-state index contributed by atoms with van der Waals surface area (Å²) in [5.74, 6) is -2.39. The maximum Gasteiger partial charge on any atom is 0.243 e. The highest BCUT2D eigenvalue weighted by atomic mass is 32.2. The zero-order valence-electron chi connectivity index (χ0n) is 10.4. The van der Waals surface area contributed by atoms with Crippen molar-refractivity contribution in [3.63, 3.8) is 0 Å². The lowest BCUT2D eigenvalue weighted by molar-refractivity contribution is 0.0314. The number of benzene rings is 1. The minimum atomic E-state index is -4.24. The highest BCUT2D eigenvalue weighted by Gasteiger charge is 2.34. The van der Waals surface area contributed by atoms with Gasteiger partial charge in [0.05, 0.1) is 6.61 Å². The van der Waals surface area contributed by atoms with Crippen LogP contribution in [-0.2, 0) is 14.8 Å². The van der Waals surface area contributed by atoms with E-state index in [2.05, 4.69) is 4.72 Å². The number of halogens is 2. The summed E-state index contributed by atoms with van der Waals surface area (Å²) >= 11 is 0. The number of hydrogen-bond donors (Lipinski definition) is 3. The number of nitrogens with two attached hydrogens (primary N) is 1. The maximum absolute atomic E-state index is 13.7. The smallest absolute Gasteiger partial charge is 0.243 e. The molecule has 1 heterocycles. The molecule has 0 aliphatic carbocycles. The highest BCUT2D eigenvalue weighted by molar-refractivity contribution is 7.89. The van der Waals surface area contributed by atoms with Crippen molar-refractivity contribution in [1.29, 1.82) is 0 Å². The SMILES string of the molecule is Nc1c(F)ccc(S(=O)(=O)NCC2(O)CCOC2)c1F. The van der Waals surface area contributed by atoms with Gasteiger partial charge in [-0.3, -0.25) is 0 Å². The molecule has 1 aromatic carbocycles. The average Bonchev–Trinajstić information content (AvgIpc) is 2.81. The van der Waals surface area contributed by atoms with E-state index in [1.54, 1.807) is 0 Å². The summed E-state index contributed by atoms with van der Waals surface area (Å²) < 4.78 is 57.6. The van der Waals surface area contributed by atoms with Crippen LogP contribution in [0.4, 0.5) is 14.5 Å². The van der Waals surface area contributed by atoms with Crippen LogP contribution in [0.2, 0.25) is 0 Å². The molecule has 1 saturated heterocycles. The van der Waals surface area contributed by atoms with Gasteiger partial charge in [0.1, 0.15) is 22.0 Å². The van der Waals surface area contributed by atoms with Gasteiger partial charge in [0.2, 0.25) is 10.0 Å². The number of nitrogens with one attached hydrogen (secondary N) is 1. The Labute approximate surface area is 114 Å². The van der Waals surface area contributed by atoms with Crippen molar-refractivity contribution in [3.8, 4) is 0 Å². The molecule has 9 heteroatoms. The molecule has 0 bridgehead atoms. The van der Waals surface area contributed by atoms with E-state index in [1.807, 2.05) is 0 Å². The topological polar surface area (TPSA) is 102 Å². The summed E-state index contributed by atoms with van der Waals surface area (Å²) in [6.45, 7) is -0.0221. The first-order valence-corrected chi connectivity index (χ1v) is 7.27. The molecule has 1 aromatic rings. The maximum atomic E-state index is 13.7. The fourth-order valence-electron chi connectivity index (χ4n) is 1.80. The molecular weight excluding hydrogens is 294 g/mol. The Bertz CT molecular complexity index is 615. The van der Waals surface area contributed by atoms with Crippen LogP contribution in [0.1, 0.15) is 6.42 Å². The fraction of sp³-hybridized carbons (Fsp3) is 0.455. The van der Waals surface area contributed by atoms with Crippen molar-refractivity contribution in [2.45, 2.75) is 16.9 Å². The molecule has 0 radical (unpaired) electrons. The third kappa shape index (κ3) is 2.90. The number of ether oxygens (including phenoxy) is 1. The minimum absolute atomic E-state index is 0.0104. The van der Waals surface area contributed by atoms with E-state index >= 15 is 0 Å². The highest BCUT2D eigenvalue weighted by Crippen LogP contribution is 2.23. The molecule has 112 valence electrons. The molecule has 6 nitrogen and oxygen atoms in total. The van der Waals surface area contributed by atoms with E-state index in [0.717, 1.165) is 12.1 Å². The first-order valence-electron chi connectivity index (χ1n) is 5.78. The van der Waals surface area contributed by atoms with Crippen LogP contribution in [0.15, 0.2) is 17.0 Å². The number of nitrogen functional groups attached to an aromatic ring is 1. The van der Waals surface area contributed by atoms with Crippen molar-refractivity contribution in [3.05, 3.63) is 23.8 Å². The van der Waals surface area contributed by atoms with Gasteiger partial charge in [0, 0.05) is 19.6 Å². The normalized spacial score (nSPS) is 23.1. The Hall–Kier alpha value is -1.29. The minimum Gasteiger partial charge on any atom is -0.394 e. The molecule has 0 aromatic heterocycles. The van der Waals surface area contributed by atoms with Gasteiger partial charge in [-0.2, -0.15) is 0 Å². The van der Waals surface area contributed by atoms with Crippen LogP contribution in [0.25, 0.3) is 0 Å². The standard InChI is InChI=1S/C11H14F2N2O4S/c12-7-1-2-8(9(13)10(7)14)20(17,18)15-5-11(16)3-4-19-6-11/h1-2,15-16H,3-6,14H2. The van der Waals surface area contributed by atoms with Crippen LogP contribution >= 0.6 is 0 Å². The lowest BCUT2D eigenvalue weighted by atomic mass is 10.1. The third-order valence-corrected chi connectivity index (χ3v) is 4.47. The zero-order chi connectivity index (χ0) is 15.0. The molecule has 0 saturated carbocycles. The Balaban J connectivity index is 2.21. The van der Waals surface area contributed by atoms with Crippen LogP contribution in [-0.4, -0.2) is 38.9 Å². The number of aliphatic hydroxyl groups is 1. The predicted octanol–water partition coefficient (Wildman–Crippen LogP) is -0.0233. The molecular formula is C11H14F2N2O4S. The van der Waals surface area contributed by atoms with Crippen LogP contribution < -0.4 is 10.5 Å². The van der Waals surface area contributed by atoms with Gasteiger partial charge in [-0.1, -0.05) is 0 Å². The van der Waals surface area contributed by atoms with Crippen molar-refractivity contribution < 1.29 is 27.0 Å². The second-order valence-corrected chi connectivity index (χ2v) is 6.36. The number of anilines is 1.